The minimum absolute atomic E-state index is 0.0448. The van der Waals surface area contributed by atoms with Crippen LogP contribution < -0.4 is 10.1 Å². The van der Waals surface area contributed by atoms with Gasteiger partial charge in [0.2, 0.25) is 0 Å². The zero-order valence-corrected chi connectivity index (χ0v) is 12.7. The van der Waals surface area contributed by atoms with Crippen LogP contribution in [0.15, 0.2) is 42.5 Å². The molecule has 1 amide bonds. The van der Waals surface area contributed by atoms with Crippen molar-refractivity contribution in [3.8, 4) is 11.8 Å². The normalized spacial score (nSPS) is 9.86. The fraction of sp³-hybridized carbons (Fsp3) is 0.222. The van der Waals surface area contributed by atoms with Crippen molar-refractivity contribution in [3.63, 3.8) is 0 Å². The zero-order chi connectivity index (χ0) is 15.9. The molecule has 4 heteroatoms. The van der Waals surface area contributed by atoms with E-state index in [-0.39, 0.29) is 12.5 Å². The zero-order valence-electron chi connectivity index (χ0n) is 12.7. The Morgan fingerprint density at radius 3 is 2.55 bits per heavy atom. The average Bonchev–Trinajstić information content (AvgIpc) is 2.52. The molecule has 2 aromatic rings. The van der Waals surface area contributed by atoms with Crippen molar-refractivity contribution in [2.75, 3.05) is 6.61 Å². The number of rotatable bonds is 5. The third kappa shape index (κ3) is 4.35. The molecule has 0 aromatic heterocycles. The van der Waals surface area contributed by atoms with Gasteiger partial charge in [-0.2, -0.15) is 5.26 Å². The smallest absolute Gasteiger partial charge is 0.258 e. The summed E-state index contributed by atoms with van der Waals surface area (Å²) in [6.45, 7) is 4.51. The van der Waals surface area contributed by atoms with Crippen molar-refractivity contribution in [1.29, 1.82) is 5.26 Å². The molecule has 0 aliphatic carbocycles. The van der Waals surface area contributed by atoms with Crippen molar-refractivity contribution < 1.29 is 9.53 Å². The molecule has 0 saturated carbocycles. The van der Waals surface area contributed by atoms with Crippen LogP contribution in [0.4, 0.5) is 0 Å². The fourth-order valence-corrected chi connectivity index (χ4v) is 2.06. The summed E-state index contributed by atoms with van der Waals surface area (Å²) in [5.74, 6) is 0.394. The number of nitrogens with one attached hydrogen (secondary N) is 1. The Kier molecular flexibility index (Phi) is 5.16. The lowest BCUT2D eigenvalue weighted by Crippen LogP contribution is -2.28. The Hall–Kier alpha value is -2.80. The highest BCUT2D eigenvalue weighted by atomic mass is 16.5. The first-order valence-electron chi connectivity index (χ1n) is 7.04. The van der Waals surface area contributed by atoms with E-state index in [1.165, 1.54) is 5.56 Å². The summed E-state index contributed by atoms with van der Waals surface area (Å²) in [5.41, 5.74) is 4.02. The maximum absolute atomic E-state index is 11.8. The first kappa shape index (κ1) is 15.6. The van der Waals surface area contributed by atoms with E-state index < -0.39 is 0 Å². The van der Waals surface area contributed by atoms with Crippen molar-refractivity contribution in [2.45, 2.75) is 20.4 Å². The van der Waals surface area contributed by atoms with Gasteiger partial charge >= 0.3 is 0 Å². The Morgan fingerprint density at radius 1 is 1.18 bits per heavy atom. The number of ether oxygens (including phenoxy) is 1. The first-order valence-corrected chi connectivity index (χ1v) is 7.04. The third-order valence-electron chi connectivity index (χ3n) is 3.33. The maximum Gasteiger partial charge on any atom is 0.258 e. The summed E-state index contributed by atoms with van der Waals surface area (Å²) in [6, 6.07) is 14.8. The van der Waals surface area contributed by atoms with E-state index in [1.807, 2.05) is 32.0 Å². The van der Waals surface area contributed by atoms with Gasteiger partial charge in [0.15, 0.2) is 6.61 Å². The minimum atomic E-state index is -0.177. The van der Waals surface area contributed by atoms with Crippen LogP contribution in [0.25, 0.3) is 0 Å². The number of carbonyl (C=O) groups excluding carboxylic acids is 1. The molecular weight excluding hydrogens is 276 g/mol. The van der Waals surface area contributed by atoms with Gasteiger partial charge in [-0.25, -0.2) is 0 Å². The van der Waals surface area contributed by atoms with Crippen LogP contribution in [0.5, 0.6) is 5.75 Å². The van der Waals surface area contributed by atoms with Crippen LogP contribution in [0.2, 0.25) is 0 Å². The largest absolute Gasteiger partial charge is 0.484 e. The van der Waals surface area contributed by atoms with Crippen LogP contribution in [-0.4, -0.2) is 12.5 Å². The lowest BCUT2D eigenvalue weighted by molar-refractivity contribution is -0.123. The van der Waals surface area contributed by atoms with Gasteiger partial charge < -0.3 is 10.1 Å². The number of aryl methyl sites for hydroxylation is 2. The van der Waals surface area contributed by atoms with E-state index in [0.717, 1.165) is 11.1 Å². The summed E-state index contributed by atoms with van der Waals surface area (Å²) in [6.07, 6.45) is 0. The van der Waals surface area contributed by atoms with Crippen molar-refractivity contribution in [1.82, 2.24) is 5.32 Å². The van der Waals surface area contributed by atoms with Crippen LogP contribution in [0.3, 0.4) is 0 Å². The van der Waals surface area contributed by atoms with Gasteiger partial charge in [0.05, 0.1) is 11.6 Å². The van der Waals surface area contributed by atoms with E-state index >= 15 is 0 Å². The molecule has 0 atom stereocenters. The van der Waals surface area contributed by atoms with E-state index in [9.17, 15) is 4.79 Å². The molecule has 22 heavy (non-hydrogen) atoms. The Bertz CT molecular complexity index is 700. The molecule has 0 saturated heterocycles. The SMILES string of the molecule is Cc1ccc(CNC(=O)COc2ccc(C#N)cc2)c(C)c1. The van der Waals surface area contributed by atoms with Crippen LogP contribution in [-0.2, 0) is 11.3 Å². The number of hydrogen-bond donors (Lipinski definition) is 1. The monoisotopic (exact) mass is 294 g/mol. The van der Waals surface area contributed by atoms with Crippen molar-refractivity contribution in [3.05, 3.63) is 64.7 Å². The fourth-order valence-electron chi connectivity index (χ4n) is 2.06. The second-order valence-corrected chi connectivity index (χ2v) is 5.13. The molecule has 4 nitrogen and oxygen atoms in total. The predicted molar refractivity (Wildman–Crippen MR) is 84.4 cm³/mol. The van der Waals surface area contributed by atoms with Crippen LogP contribution in [0.1, 0.15) is 22.3 Å². The van der Waals surface area contributed by atoms with Gasteiger partial charge in [-0.3, -0.25) is 4.79 Å². The molecule has 0 bridgehead atoms. The molecule has 2 aromatic carbocycles. The molecule has 0 aliphatic rings. The van der Waals surface area contributed by atoms with Gasteiger partial charge in [-0.1, -0.05) is 23.8 Å². The summed E-state index contributed by atoms with van der Waals surface area (Å²) >= 11 is 0. The predicted octanol–water partition coefficient (Wildman–Crippen LogP) is 2.87. The molecule has 0 spiro atoms. The van der Waals surface area contributed by atoms with Crippen molar-refractivity contribution >= 4 is 5.91 Å². The molecule has 112 valence electrons. The number of benzene rings is 2. The summed E-state index contributed by atoms with van der Waals surface area (Å²) in [7, 11) is 0. The quantitative estimate of drug-likeness (QED) is 0.922. The second-order valence-electron chi connectivity index (χ2n) is 5.13. The minimum Gasteiger partial charge on any atom is -0.484 e. The number of nitrogens with zero attached hydrogens (tertiary/aromatic N) is 1. The first-order chi connectivity index (χ1) is 10.6. The maximum atomic E-state index is 11.8. The Labute approximate surface area is 130 Å². The lowest BCUT2D eigenvalue weighted by Gasteiger charge is -2.10. The van der Waals surface area contributed by atoms with E-state index in [4.69, 9.17) is 10.00 Å². The van der Waals surface area contributed by atoms with Gasteiger partial charge in [-0.15, -0.1) is 0 Å². The van der Waals surface area contributed by atoms with E-state index in [1.54, 1.807) is 24.3 Å². The number of hydrogen-bond acceptors (Lipinski definition) is 3. The number of nitriles is 1. The average molecular weight is 294 g/mol. The second kappa shape index (κ2) is 7.28. The van der Waals surface area contributed by atoms with Gasteiger partial charge in [0.1, 0.15) is 5.75 Å². The molecule has 2 rings (SSSR count). The van der Waals surface area contributed by atoms with E-state index in [0.29, 0.717) is 17.9 Å². The van der Waals surface area contributed by atoms with Gasteiger partial charge in [0, 0.05) is 6.54 Å². The summed E-state index contributed by atoms with van der Waals surface area (Å²) < 4.78 is 5.38. The van der Waals surface area contributed by atoms with Crippen LogP contribution in [0, 0.1) is 25.2 Å². The summed E-state index contributed by atoms with van der Waals surface area (Å²) in [4.78, 5) is 11.8. The highest BCUT2D eigenvalue weighted by Gasteiger charge is 2.04. The Balaban J connectivity index is 1.81. The molecular formula is C18H18N2O2. The number of carbonyl (C=O) groups is 1. The molecule has 1 N–H and O–H groups in total. The molecule has 0 aliphatic heterocycles. The molecule has 0 fully saturated rings. The van der Waals surface area contributed by atoms with Crippen molar-refractivity contribution in [2.24, 2.45) is 0 Å². The number of amides is 1. The van der Waals surface area contributed by atoms with E-state index in [2.05, 4.69) is 11.4 Å². The van der Waals surface area contributed by atoms with Gasteiger partial charge in [0.25, 0.3) is 5.91 Å². The molecule has 0 radical (unpaired) electrons. The third-order valence-corrected chi connectivity index (χ3v) is 3.33. The topological polar surface area (TPSA) is 62.1 Å². The molecule has 0 unspecified atom stereocenters. The van der Waals surface area contributed by atoms with Crippen LogP contribution >= 0.6 is 0 Å². The summed E-state index contributed by atoms with van der Waals surface area (Å²) in [5, 5.41) is 11.5. The highest BCUT2D eigenvalue weighted by Crippen LogP contribution is 2.12. The standard InChI is InChI=1S/C18H18N2O2/c1-13-3-6-16(14(2)9-13)11-20-18(21)12-22-17-7-4-15(10-19)5-8-17/h3-9H,11-12H2,1-2H3,(H,20,21). The lowest BCUT2D eigenvalue weighted by atomic mass is 10.1. The molecule has 0 heterocycles. The Morgan fingerprint density at radius 2 is 1.91 bits per heavy atom. The van der Waals surface area contributed by atoms with Gasteiger partial charge in [-0.05, 0) is 49.2 Å². The highest BCUT2D eigenvalue weighted by molar-refractivity contribution is 5.77.